The fourth-order valence-electron chi connectivity index (χ4n) is 2.19. The summed E-state index contributed by atoms with van der Waals surface area (Å²) in [5.74, 6) is 0.864. The molecule has 4 heterocycles. The summed E-state index contributed by atoms with van der Waals surface area (Å²) in [6.45, 7) is 0.424. The lowest BCUT2D eigenvalue weighted by molar-refractivity contribution is -0.122. The average Bonchev–Trinajstić information content (AvgIpc) is 3.29. The van der Waals surface area contributed by atoms with Gasteiger partial charge in [-0.15, -0.1) is 11.3 Å². The fraction of sp³-hybridized carbons (Fsp3) is 0.0714. The maximum atomic E-state index is 8.36. The molecule has 4 aromatic heterocycles. The predicted octanol–water partition coefficient (Wildman–Crippen LogP) is 1.80. The summed E-state index contributed by atoms with van der Waals surface area (Å²) in [4.78, 5) is 21.3. The van der Waals surface area contributed by atoms with E-state index >= 15 is 0 Å². The van der Waals surface area contributed by atoms with Gasteiger partial charge in [-0.3, -0.25) is 4.79 Å². The summed E-state index contributed by atoms with van der Waals surface area (Å²) in [5, 5.41) is 13.1. The van der Waals surface area contributed by atoms with E-state index in [0.29, 0.717) is 6.54 Å². The van der Waals surface area contributed by atoms with Crippen LogP contribution in [0.15, 0.2) is 47.8 Å². The molecule has 0 aliphatic rings. The van der Waals surface area contributed by atoms with Gasteiger partial charge < -0.3 is 9.67 Å². The van der Waals surface area contributed by atoms with Gasteiger partial charge in [0.2, 0.25) is 0 Å². The molecule has 4 rings (SSSR count). The Hall–Kier alpha value is -3.07. The van der Waals surface area contributed by atoms with Crippen LogP contribution in [0.25, 0.3) is 17.2 Å². The van der Waals surface area contributed by atoms with E-state index in [1.807, 2.05) is 39.8 Å². The molecule has 4 aromatic rings. The van der Waals surface area contributed by atoms with Crippen LogP contribution in [0.4, 0.5) is 0 Å². The molecule has 0 aliphatic carbocycles. The predicted molar refractivity (Wildman–Crippen MR) is 84.1 cm³/mol. The molecule has 0 spiro atoms. The van der Waals surface area contributed by atoms with Crippen LogP contribution < -0.4 is 0 Å². The average molecular weight is 328 g/mol. The van der Waals surface area contributed by atoms with Gasteiger partial charge in [-0.25, -0.2) is 19.5 Å². The second-order valence-electron chi connectivity index (χ2n) is 4.41. The quantitative estimate of drug-likeness (QED) is 0.576. The SMILES string of the molecule is O=CO.c1cc(Cn2ccnc2-c2cscn2)n2ncnc2c1. The summed E-state index contributed by atoms with van der Waals surface area (Å²) in [5.41, 5.74) is 4.60. The molecule has 0 unspecified atom stereocenters. The van der Waals surface area contributed by atoms with Crippen molar-refractivity contribution >= 4 is 23.5 Å². The molecule has 0 fully saturated rings. The number of thiazole rings is 1. The van der Waals surface area contributed by atoms with Gasteiger partial charge in [0, 0.05) is 17.8 Å². The van der Waals surface area contributed by atoms with Crippen LogP contribution >= 0.6 is 11.3 Å². The normalized spacial score (nSPS) is 10.3. The molecule has 23 heavy (non-hydrogen) atoms. The highest BCUT2D eigenvalue weighted by molar-refractivity contribution is 7.07. The second kappa shape index (κ2) is 6.79. The van der Waals surface area contributed by atoms with Gasteiger partial charge in [0.25, 0.3) is 6.47 Å². The number of rotatable bonds is 3. The van der Waals surface area contributed by atoms with E-state index in [4.69, 9.17) is 9.90 Å². The van der Waals surface area contributed by atoms with Crippen molar-refractivity contribution in [3.8, 4) is 11.5 Å². The molecular formula is C14H12N6O2S. The highest BCUT2D eigenvalue weighted by Crippen LogP contribution is 2.18. The number of hydrogen-bond donors (Lipinski definition) is 1. The molecule has 0 atom stereocenters. The molecule has 0 amide bonds. The van der Waals surface area contributed by atoms with Crippen LogP contribution in [0.5, 0.6) is 0 Å². The van der Waals surface area contributed by atoms with Crippen molar-refractivity contribution in [3.63, 3.8) is 0 Å². The molecule has 116 valence electrons. The third-order valence-electron chi connectivity index (χ3n) is 3.09. The molecule has 0 bridgehead atoms. The Labute approximate surface area is 134 Å². The number of fused-ring (bicyclic) bond motifs is 1. The van der Waals surface area contributed by atoms with Crippen LogP contribution in [0.3, 0.4) is 0 Å². The van der Waals surface area contributed by atoms with E-state index in [0.717, 1.165) is 22.9 Å². The highest BCUT2D eigenvalue weighted by atomic mass is 32.1. The molecule has 9 heteroatoms. The molecular weight excluding hydrogens is 316 g/mol. The van der Waals surface area contributed by atoms with Crippen LogP contribution in [-0.2, 0) is 11.3 Å². The minimum absolute atomic E-state index is 0.250. The summed E-state index contributed by atoms with van der Waals surface area (Å²) >= 11 is 1.56. The molecule has 0 aromatic carbocycles. The molecule has 0 saturated carbocycles. The topological polar surface area (TPSA) is 98.2 Å². The zero-order chi connectivity index (χ0) is 16.1. The van der Waals surface area contributed by atoms with E-state index in [9.17, 15) is 0 Å². The summed E-state index contributed by atoms with van der Waals surface area (Å²) < 4.78 is 3.90. The molecule has 0 saturated heterocycles. The lowest BCUT2D eigenvalue weighted by atomic mass is 10.3. The van der Waals surface area contributed by atoms with Crippen molar-refractivity contribution in [3.05, 3.63) is 53.5 Å². The fourth-order valence-corrected chi connectivity index (χ4v) is 2.72. The zero-order valence-corrected chi connectivity index (χ0v) is 12.7. The van der Waals surface area contributed by atoms with Crippen molar-refractivity contribution < 1.29 is 9.90 Å². The maximum absolute atomic E-state index is 8.36. The molecule has 1 N–H and O–H groups in total. The monoisotopic (exact) mass is 328 g/mol. The van der Waals surface area contributed by atoms with Gasteiger partial charge in [-0.2, -0.15) is 5.10 Å². The van der Waals surface area contributed by atoms with E-state index in [-0.39, 0.29) is 6.47 Å². The standard InChI is InChI=1S/C13H10N6S.CH2O2/c1-2-10(19-12(3-1)15-8-17-19)6-18-5-4-14-13(18)11-7-20-9-16-11;2-1-3/h1-5,7-9H,6H2;1H,(H,2,3). The van der Waals surface area contributed by atoms with E-state index in [2.05, 4.69) is 24.6 Å². The third-order valence-corrected chi connectivity index (χ3v) is 3.68. The number of carbonyl (C=O) groups is 1. The zero-order valence-electron chi connectivity index (χ0n) is 11.9. The highest BCUT2D eigenvalue weighted by Gasteiger charge is 2.10. The molecule has 0 aliphatic heterocycles. The first-order chi connectivity index (χ1) is 11.3. The molecule has 0 radical (unpaired) electrons. The van der Waals surface area contributed by atoms with Crippen molar-refractivity contribution in [1.29, 1.82) is 0 Å². The van der Waals surface area contributed by atoms with Crippen molar-refractivity contribution in [2.24, 2.45) is 0 Å². The Morgan fingerprint density at radius 3 is 2.91 bits per heavy atom. The third kappa shape index (κ3) is 3.09. The first-order valence-electron chi connectivity index (χ1n) is 6.58. The molecule has 8 nitrogen and oxygen atoms in total. The van der Waals surface area contributed by atoms with E-state index < -0.39 is 0 Å². The number of nitrogens with zero attached hydrogens (tertiary/aromatic N) is 6. The second-order valence-corrected chi connectivity index (χ2v) is 5.12. The van der Waals surface area contributed by atoms with Crippen molar-refractivity contribution in [1.82, 2.24) is 29.1 Å². The number of imidazole rings is 1. The number of pyridine rings is 1. The summed E-state index contributed by atoms with van der Waals surface area (Å²) in [6, 6.07) is 5.96. The number of aromatic nitrogens is 6. The van der Waals surface area contributed by atoms with Crippen LogP contribution in [0.2, 0.25) is 0 Å². The van der Waals surface area contributed by atoms with Gasteiger partial charge in [-0.1, -0.05) is 6.07 Å². The first kappa shape index (κ1) is 14.9. The van der Waals surface area contributed by atoms with E-state index in [1.165, 1.54) is 0 Å². The van der Waals surface area contributed by atoms with Crippen LogP contribution in [-0.4, -0.2) is 40.7 Å². The van der Waals surface area contributed by atoms with Crippen molar-refractivity contribution in [2.45, 2.75) is 6.54 Å². The minimum atomic E-state index is -0.250. The first-order valence-corrected chi connectivity index (χ1v) is 7.53. The maximum Gasteiger partial charge on any atom is 0.290 e. The Kier molecular flexibility index (Phi) is 4.39. The van der Waals surface area contributed by atoms with Gasteiger partial charge in [0.15, 0.2) is 11.5 Å². The largest absolute Gasteiger partial charge is 0.483 e. The van der Waals surface area contributed by atoms with E-state index in [1.54, 1.807) is 23.9 Å². The van der Waals surface area contributed by atoms with Gasteiger partial charge in [0.1, 0.15) is 12.0 Å². The smallest absolute Gasteiger partial charge is 0.290 e. The Morgan fingerprint density at radius 2 is 2.13 bits per heavy atom. The Morgan fingerprint density at radius 1 is 1.26 bits per heavy atom. The van der Waals surface area contributed by atoms with Gasteiger partial charge in [0.05, 0.1) is 17.7 Å². The number of hydrogen-bond acceptors (Lipinski definition) is 6. The van der Waals surface area contributed by atoms with Crippen LogP contribution in [0.1, 0.15) is 5.69 Å². The Balaban J connectivity index is 0.000000485. The minimum Gasteiger partial charge on any atom is -0.483 e. The lowest BCUT2D eigenvalue weighted by Gasteiger charge is -2.07. The van der Waals surface area contributed by atoms with Crippen LogP contribution in [0, 0.1) is 0 Å². The summed E-state index contributed by atoms with van der Waals surface area (Å²) in [7, 11) is 0. The van der Waals surface area contributed by atoms with Crippen molar-refractivity contribution in [2.75, 3.05) is 0 Å². The lowest BCUT2D eigenvalue weighted by Crippen LogP contribution is -2.06. The Bertz CT molecular complexity index is 899. The van der Waals surface area contributed by atoms with Gasteiger partial charge in [-0.05, 0) is 12.1 Å². The number of carboxylic acid groups (broad SMARTS) is 1. The summed E-state index contributed by atoms with van der Waals surface area (Å²) in [6.07, 6.45) is 5.30. The van der Waals surface area contributed by atoms with Gasteiger partial charge >= 0.3 is 0 Å².